The average molecular weight is 719 g/mol. The third-order valence-electron chi connectivity index (χ3n) is 11.0. The fourth-order valence-electron chi connectivity index (χ4n) is 8.38. The number of aromatic nitrogens is 1. The van der Waals surface area contributed by atoms with Crippen LogP contribution in [0.1, 0.15) is 0 Å². The smallest absolute Gasteiger partial charge is 0.0541 e. The number of benzene rings is 9. The van der Waals surface area contributed by atoms with E-state index in [0.29, 0.717) is 0 Å². The molecule has 9 aromatic carbocycles. The molecule has 0 bridgehead atoms. The molecule has 258 valence electrons. The van der Waals surface area contributed by atoms with E-state index in [4.69, 9.17) is 0 Å². The Kier molecular flexibility index (Phi) is 7.39. The maximum atomic E-state index is 2.39. The highest BCUT2D eigenvalue weighted by atomic mass is 32.1. The second kappa shape index (κ2) is 12.9. The molecule has 0 saturated heterocycles. The van der Waals surface area contributed by atoms with Crippen LogP contribution in [0.2, 0.25) is 0 Å². The number of anilines is 3. The fourth-order valence-corrected chi connectivity index (χ4v) is 9.52. The number of hydrogen-bond donors (Lipinski definition) is 0. The fraction of sp³-hybridized carbons (Fsp3) is 0. The molecule has 0 N–H and O–H groups in total. The summed E-state index contributed by atoms with van der Waals surface area (Å²) in [5, 5.41) is 7.65. The lowest BCUT2D eigenvalue weighted by Gasteiger charge is -2.26. The van der Waals surface area contributed by atoms with E-state index in [9.17, 15) is 0 Å². The van der Waals surface area contributed by atoms with E-state index in [-0.39, 0.29) is 0 Å². The van der Waals surface area contributed by atoms with Gasteiger partial charge >= 0.3 is 0 Å². The van der Waals surface area contributed by atoms with Crippen LogP contribution >= 0.6 is 11.3 Å². The first-order chi connectivity index (χ1) is 27.3. The SMILES string of the molecule is c1ccc(-n2c3ccccc3c3cc(-c4ccc(N(c5ccc(-c6cccc7ccccc67)cc5)c5ccc6c(c5)sc5ccccc56)cc4)ccc32)cc1. The van der Waals surface area contributed by atoms with Crippen molar-refractivity contribution in [1.29, 1.82) is 0 Å². The van der Waals surface area contributed by atoms with Gasteiger partial charge in [-0.05, 0) is 106 Å². The van der Waals surface area contributed by atoms with Gasteiger partial charge in [0, 0.05) is 53.7 Å². The number of rotatable bonds is 6. The zero-order valence-corrected chi connectivity index (χ0v) is 30.7. The van der Waals surface area contributed by atoms with Crippen molar-refractivity contribution in [3.05, 3.63) is 206 Å². The Morgan fingerprint density at radius 3 is 1.76 bits per heavy atom. The second-order valence-electron chi connectivity index (χ2n) is 14.2. The molecule has 2 nitrogen and oxygen atoms in total. The monoisotopic (exact) mass is 718 g/mol. The molecule has 0 fully saturated rings. The van der Waals surface area contributed by atoms with Gasteiger partial charge in [0.2, 0.25) is 0 Å². The molecule has 0 aliphatic heterocycles. The molecule has 0 atom stereocenters. The van der Waals surface area contributed by atoms with Crippen LogP contribution in [0, 0.1) is 0 Å². The van der Waals surface area contributed by atoms with Gasteiger partial charge in [-0.1, -0.05) is 133 Å². The predicted molar refractivity (Wildman–Crippen MR) is 237 cm³/mol. The highest BCUT2D eigenvalue weighted by molar-refractivity contribution is 7.25. The number of para-hydroxylation sites is 2. The Bertz CT molecular complexity index is 3180. The lowest BCUT2D eigenvalue weighted by molar-refractivity contribution is 1.18. The van der Waals surface area contributed by atoms with Gasteiger partial charge in [-0.25, -0.2) is 0 Å². The average Bonchev–Trinajstić information content (AvgIpc) is 3.79. The van der Waals surface area contributed by atoms with Crippen LogP contribution in [-0.2, 0) is 0 Å². The Morgan fingerprint density at radius 1 is 0.345 bits per heavy atom. The standard InChI is InChI=1S/C52H34N2S/c1-2-13-39(14-3-1)54-49-19-8-6-16-45(49)48-33-38(25-32-50(48)54)35-21-26-40(27-22-35)53(42-30-31-47-46-17-7-9-20-51(46)55-52(47)34-42)41-28-23-37(24-29-41)44-18-10-12-36-11-4-5-15-43(36)44/h1-34H. The molecule has 0 radical (unpaired) electrons. The molecule has 0 aliphatic carbocycles. The summed E-state index contributed by atoms with van der Waals surface area (Å²) in [6.07, 6.45) is 0. The summed E-state index contributed by atoms with van der Waals surface area (Å²) < 4.78 is 4.97. The van der Waals surface area contributed by atoms with Crippen LogP contribution in [0.4, 0.5) is 17.1 Å². The molecule has 2 aromatic heterocycles. The summed E-state index contributed by atoms with van der Waals surface area (Å²) >= 11 is 1.86. The van der Waals surface area contributed by atoms with Crippen molar-refractivity contribution in [3.8, 4) is 27.9 Å². The first-order valence-electron chi connectivity index (χ1n) is 18.8. The number of thiophene rings is 1. The summed E-state index contributed by atoms with van der Waals surface area (Å²) in [5.41, 5.74) is 11.8. The first-order valence-corrected chi connectivity index (χ1v) is 19.6. The molecule has 0 spiro atoms. The molecule has 2 heterocycles. The first kappa shape index (κ1) is 31.6. The Labute approximate surface area is 323 Å². The van der Waals surface area contributed by atoms with Gasteiger partial charge in [-0.3, -0.25) is 0 Å². The molecule has 0 unspecified atom stereocenters. The molecule has 0 amide bonds. The lowest BCUT2D eigenvalue weighted by Crippen LogP contribution is -2.09. The molecular weight excluding hydrogens is 685 g/mol. The summed E-state index contributed by atoms with van der Waals surface area (Å²) in [4.78, 5) is 2.39. The van der Waals surface area contributed by atoms with E-state index in [0.717, 1.165) is 17.1 Å². The largest absolute Gasteiger partial charge is 0.310 e. The van der Waals surface area contributed by atoms with Gasteiger partial charge in [0.05, 0.1) is 11.0 Å². The third-order valence-corrected chi connectivity index (χ3v) is 12.1. The molecule has 11 aromatic rings. The minimum atomic E-state index is 1.11. The van der Waals surface area contributed by atoms with Crippen molar-refractivity contribution in [2.75, 3.05) is 4.90 Å². The Morgan fingerprint density at radius 2 is 0.945 bits per heavy atom. The lowest BCUT2D eigenvalue weighted by atomic mass is 9.98. The van der Waals surface area contributed by atoms with E-state index in [1.54, 1.807) is 0 Å². The van der Waals surface area contributed by atoms with E-state index < -0.39 is 0 Å². The van der Waals surface area contributed by atoms with Gasteiger partial charge in [-0.2, -0.15) is 0 Å². The van der Waals surface area contributed by atoms with Crippen LogP contribution in [0.5, 0.6) is 0 Å². The topological polar surface area (TPSA) is 8.17 Å². The van der Waals surface area contributed by atoms with Crippen LogP contribution in [-0.4, -0.2) is 4.57 Å². The van der Waals surface area contributed by atoms with Crippen molar-refractivity contribution >= 4 is 81.1 Å². The summed E-state index contributed by atoms with van der Waals surface area (Å²) in [7, 11) is 0. The van der Waals surface area contributed by atoms with Gasteiger partial charge in [0.15, 0.2) is 0 Å². The van der Waals surface area contributed by atoms with Crippen LogP contribution in [0.3, 0.4) is 0 Å². The summed E-state index contributed by atoms with van der Waals surface area (Å²) in [5.74, 6) is 0. The van der Waals surface area contributed by atoms with Gasteiger partial charge in [0.1, 0.15) is 0 Å². The van der Waals surface area contributed by atoms with Crippen LogP contribution < -0.4 is 4.90 Å². The molecule has 0 saturated carbocycles. The predicted octanol–water partition coefficient (Wildman–Crippen LogP) is 15.1. The zero-order chi connectivity index (χ0) is 36.3. The van der Waals surface area contributed by atoms with Gasteiger partial charge in [-0.15, -0.1) is 11.3 Å². The number of nitrogens with zero attached hydrogens (tertiary/aromatic N) is 2. The van der Waals surface area contributed by atoms with Crippen molar-refractivity contribution in [2.45, 2.75) is 0 Å². The zero-order valence-electron chi connectivity index (χ0n) is 29.9. The van der Waals surface area contributed by atoms with E-state index in [1.165, 1.54) is 80.7 Å². The van der Waals surface area contributed by atoms with Crippen molar-refractivity contribution in [3.63, 3.8) is 0 Å². The Hall–Kier alpha value is -6.94. The van der Waals surface area contributed by atoms with Gasteiger partial charge in [0.25, 0.3) is 0 Å². The third kappa shape index (κ3) is 5.32. The van der Waals surface area contributed by atoms with Crippen molar-refractivity contribution < 1.29 is 0 Å². The van der Waals surface area contributed by atoms with Gasteiger partial charge < -0.3 is 9.47 Å². The highest BCUT2D eigenvalue weighted by Crippen LogP contribution is 2.42. The molecular formula is C52H34N2S. The number of hydrogen-bond acceptors (Lipinski definition) is 2. The highest BCUT2D eigenvalue weighted by Gasteiger charge is 2.17. The molecule has 0 aliphatic rings. The van der Waals surface area contributed by atoms with E-state index in [1.807, 2.05) is 11.3 Å². The molecule has 11 rings (SSSR count). The van der Waals surface area contributed by atoms with Crippen LogP contribution in [0.15, 0.2) is 206 Å². The normalized spacial score (nSPS) is 11.6. The van der Waals surface area contributed by atoms with Crippen LogP contribution in [0.25, 0.3) is 80.7 Å². The maximum absolute atomic E-state index is 2.39. The molecule has 55 heavy (non-hydrogen) atoms. The maximum Gasteiger partial charge on any atom is 0.0541 e. The quantitative estimate of drug-likeness (QED) is 0.166. The second-order valence-corrected chi connectivity index (χ2v) is 15.2. The minimum absolute atomic E-state index is 1.11. The Balaban J connectivity index is 1.01. The summed E-state index contributed by atoms with van der Waals surface area (Å²) in [6, 6.07) is 75.2. The van der Waals surface area contributed by atoms with E-state index in [2.05, 4.69) is 216 Å². The van der Waals surface area contributed by atoms with E-state index >= 15 is 0 Å². The number of fused-ring (bicyclic) bond motifs is 7. The van der Waals surface area contributed by atoms with Crippen molar-refractivity contribution in [1.82, 2.24) is 4.57 Å². The minimum Gasteiger partial charge on any atom is -0.310 e. The van der Waals surface area contributed by atoms with Crippen molar-refractivity contribution in [2.24, 2.45) is 0 Å². The molecule has 3 heteroatoms. The summed E-state index contributed by atoms with van der Waals surface area (Å²) in [6.45, 7) is 0.